The van der Waals surface area contributed by atoms with Crippen LogP contribution in [0.3, 0.4) is 0 Å². The fourth-order valence-electron chi connectivity index (χ4n) is 3.02. The van der Waals surface area contributed by atoms with Gasteiger partial charge in [0.05, 0.1) is 5.41 Å². The molecule has 0 unspecified atom stereocenters. The van der Waals surface area contributed by atoms with Crippen LogP contribution in [0.4, 0.5) is 0 Å². The van der Waals surface area contributed by atoms with Gasteiger partial charge in [0.2, 0.25) is 0 Å². The standard InChI is InChI=1S/C23H26O2/c1-16-9-11-17(12-10-16)20-8-6-5-7-18-15-19(13-14-21(18)20)25-22(24)23(2,3)4/h8-15H,5-7H2,1-4H3. The molecule has 0 atom stereocenters. The molecule has 0 saturated carbocycles. The van der Waals surface area contributed by atoms with Gasteiger partial charge < -0.3 is 4.74 Å². The maximum Gasteiger partial charge on any atom is 0.316 e. The highest BCUT2D eigenvalue weighted by Crippen LogP contribution is 2.33. The third kappa shape index (κ3) is 4.01. The van der Waals surface area contributed by atoms with Crippen LogP contribution >= 0.6 is 0 Å². The molecule has 0 radical (unpaired) electrons. The molecule has 0 aliphatic heterocycles. The molecule has 0 N–H and O–H groups in total. The Morgan fingerprint density at radius 3 is 2.44 bits per heavy atom. The number of allylic oxidation sites excluding steroid dienone is 1. The van der Waals surface area contributed by atoms with Crippen LogP contribution in [0.15, 0.2) is 48.5 Å². The van der Waals surface area contributed by atoms with E-state index in [-0.39, 0.29) is 5.97 Å². The van der Waals surface area contributed by atoms with E-state index in [1.54, 1.807) is 0 Å². The second-order valence-corrected chi connectivity index (χ2v) is 7.83. The number of esters is 1. The molecule has 25 heavy (non-hydrogen) atoms. The van der Waals surface area contributed by atoms with Gasteiger partial charge in [-0.25, -0.2) is 0 Å². The van der Waals surface area contributed by atoms with Gasteiger partial charge in [0.25, 0.3) is 0 Å². The lowest BCUT2D eigenvalue weighted by atomic mass is 9.93. The van der Waals surface area contributed by atoms with E-state index >= 15 is 0 Å². The minimum Gasteiger partial charge on any atom is -0.426 e. The van der Waals surface area contributed by atoms with Crippen LogP contribution in [-0.2, 0) is 11.2 Å². The molecule has 2 aromatic rings. The molecule has 0 spiro atoms. The first-order valence-corrected chi connectivity index (χ1v) is 8.97. The number of fused-ring (bicyclic) bond motifs is 1. The third-order valence-corrected chi connectivity index (χ3v) is 4.55. The number of hydrogen-bond acceptors (Lipinski definition) is 2. The lowest BCUT2D eigenvalue weighted by Gasteiger charge is -2.18. The summed E-state index contributed by atoms with van der Waals surface area (Å²) in [6, 6.07) is 14.7. The van der Waals surface area contributed by atoms with Gasteiger partial charge in [-0.05, 0) is 81.4 Å². The second kappa shape index (κ2) is 6.87. The van der Waals surface area contributed by atoms with E-state index < -0.39 is 5.41 Å². The second-order valence-electron chi connectivity index (χ2n) is 7.83. The van der Waals surface area contributed by atoms with Gasteiger partial charge in [0.15, 0.2) is 0 Å². The maximum atomic E-state index is 12.2. The molecule has 2 heteroatoms. The summed E-state index contributed by atoms with van der Waals surface area (Å²) in [5.74, 6) is 0.444. The molecule has 0 saturated heterocycles. The van der Waals surface area contributed by atoms with Crippen molar-refractivity contribution in [2.45, 2.75) is 47.0 Å². The van der Waals surface area contributed by atoms with Crippen molar-refractivity contribution in [3.8, 4) is 5.75 Å². The summed E-state index contributed by atoms with van der Waals surface area (Å²) < 4.78 is 5.58. The minimum atomic E-state index is -0.500. The first kappa shape index (κ1) is 17.5. The monoisotopic (exact) mass is 334 g/mol. The van der Waals surface area contributed by atoms with Gasteiger partial charge in [0, 0.05) is 0 Å². The summed E-state index contributed by atoms with van der Waals surface area (Å²) in [6.07, 6.45) is 5.51. The van der Waals surface area contributed by atoms with E-state index in [0.717, 1.165) is 19.3 Å². The van der Waals surface area contributed by atoms with Gasteiger partial charge in [-0.15, -0.1) is 0 Å². The molecule has 1 aliphatic carbocycles. The summed E-state index contributed by atoms with van der Waals surface area (Å²) in [7, 11) is 0. The van der Waals surface area contributed by atoms with E-state index in [1.807, 2.05) is 32.9 Å². The van der Waals surface area contributed by atoms with Crippen LogP contribution in [-0.4, -0.2) is 5.97 Å². The summed E-state index contributed by atoms with van der Waals surface area (Å²) in [5.41, 5.74) is 5.79. The first-order chi connectivity index (χ1) is 11.8. The number of rotatable bonds is 2. The summed E-state index contributed by atoms with van der Waals surface area (Å²) in [6.45, 7) is 7.72. The Kier molecular flexibility index (Phi) is 4.80. The van der Waals surface area contributed by atoms with Crippen LogP contribution < -0.4 is 4.74 Å². The van der Waals surface area contributed by atoms with E-state index in [1.165, 1.54) is 27.8 Å². The molecule has 130 valence electrons. The number of benzene rings is 2. The van der Waals surface area contributed by atoms with Crippen molar-refractivity contribution in [3.63, 3.8) is 0 Å². The number of carbonyl (C=O) groups excluding carboxylic acids is 1. The molecule has 3 rings (SSSR count). The highest BCUT2D eigenvalue weighted by atomic mass is 16.5. The quantitative estimate of drug-likeness (QED) is 0.519. The van der Waals surface area contributed by atoms with Crippen molar-refractivity contribution in [2.75, 3.05) is 0 Å². The van der Waals surface area contributed by atoms with Crippen LogP contribution in [0, 0.1) is 12.3 Å². The Morgan fingerprint density at radius 1 is 1.04 bits per heavy atom. The Morgan fingerprint density at radius 2 is 1.76 bits per heavy atom. The Hall–Kier alpha value is -2.35. The maximum absolute atomic E-state index is 12.2. The van der Waals surface area contributed by atoms with Crippen LogP contribution in [0.1, 0.15) is 55.9 Å². The van der Waals surface area contributed by atoms with Crippen molar-refractivity contribution >= 4 is 11.5 Å². The molecule has 0 fully saturated rings. The Bertz CT molecular complexity index is 805. The van der Waals surface area contributed by atoms with Crippen LogP contribution in [0.5, 0.6) is 5.75 Å². The van der Waals surface area contributed by atoms with Gasteiger partial charge in [-0.2, -0.15) is 0 Å². The number of carbonyl (C=O) groups is 1. The van der Waals surface area contributed by atoms with Gasteiger partial charge in [0.1, 0.15) is 5.75 Å². The molecule has 2 aromatic carbocycles. The van der Waals surface area contributed by atoms with Crippen LogP contribution in [0.2, 0.25) is 0 Å². The molecule has 2 nitrogen and oxygen atoms in total. The highest BCUT2D eigenvalue weighted by molar-refractivity contribution is 5.83. The lowest BCUT2D eigenvalue weighted by molar-refractivity contribution is -0.142. The largest absolute Gasteiger partial charge is 0.426 e. The van der Waals surface area contributed by atoms with Crippen molar-refractivity contribution in [3.05, 3.63) is 70.8 Å². The average molecular weight is 334 g/mol. The van der Waals surface area contributed by atoms with Gasteiger partial charge in [-0.1, -0.05) is 42.0 Å². The molecule has 0 amide bonds. The highest BCUT2D eigenvalue weighted by Gasteiger charge is 2.24. The van der Waals surface area contributed by atoms with Crippen molar-refractivity contribution < 1.29 is 9.53 Å². The Labute approximate surface area is 150 Å². The zero-order valence-electron chi connectivity index (χ0n) is 15.6. The van der Waals surface area contributed by atoms with Crippen molar-refractivity contribution in [1.29, 1.82) is 0 Å². The normalized spacial score (nSPS) is 14.3. The van der Waals surface area contributed by atoms with E-state index in [0.29, 0.717) is 5.75 Å². The zero-order valence-corrected chi connectivity index (χ0v) is 15.6. The van der Waals surface area contributed by atoms with E-state index in [4.69, 9.17) is 4.74 Å². The fraction of sp³-hybridized carbons (Fsp3) is 0.348. The molecule has 0 aromatic heterocycles. The molecular weight excluding hydrogens is 308 g/mol. The van der Waals surface area contributed by atoms with Crippen molar-refractivity contribution in [1.82, 2.24) is 0 Å². The Balaban J connectivity index is 1.94. The third-order valence-electron chi connectivity index (χ3n) is 4.55. The van der Waals surface area contributed by atoms with Gasteiger partial charge >= 0.3 is 5.97 Å². The number of aryl methyl sites for hydroxylation is 2. The zero-order chi connectivity index (χ0) is 18.0. The number of hydrogen-bond donors (Lipinski definition) is 0. The average Bonchev–Trinajstić information content (AvgIpc) is 2.77. The number of ether oxygens (including phenoxy) is 1. The summed E-state index contributed by atoms with van der Waals surface area (Å²) >= 11 is 0. The molecule has 0 bridgehead atoms. The molecule has 0 heterocycles. The van der Waals surface area contributed by atoms with Gasteiger partial charge in [-0.3, -0.25) is 4.79 Å². The van der Waals surface area contributed by atoms with Crippen LogP contribution in [0.25, 0.3) is 5.57 Å². The SMILES string of the molecule is Cc1ccc(C2=CCCCc3cc(OC(=O)C(C)(C)C)ccc32)cc1. The lowest BCUT2D eigenvalue weighted by Crippen LogP contribution is -2.25. The molecular formula is C23H26O2. The predicted molar refractivity (Wildman–Crippen MR) is 103 cm³/mol. The summed E-state index contributed by atoms with van der Waals surface area (Å²) in [4.78, 5) is 12.2. The molecule has 1 aliphatic rings. The first-order valence-electron chi connectivity index (χ1n) is 8.97. The minimum absolute atomic E-state index is 0.199. The smallest absolute Gasteiger partial charge is 0.316 e. The predicted octanol–water partition coefficient (Wildman–Crippen LogP) is 5.71. The van der Waals surface area contributed by atoms with E-state index in [9.17, 15) is 4.79 Å². The summed E-state index contributed by atoms with van der Waals surface area (Å²) in [5, 5.41) is 0. The van der Waals surface area contributed by atoms with Crippen molar-refractivity contribution in [2.24, 2.45) is 5.41 Å². The topological polar surface area (TPSA) is 26.3 Å². The fourth-order valence-corrected chi connectivity index (χ4v) is 3.02. The van der Waals surface area contributed by atoms with E-state index in [2.05, 4.69) is 43.3 Å².